The Kier molecular flexibility index (Phi) is 6.67. The molecule has 0 spiro atoms. The van der Waals surface area contributed by atoms with Gasteiger partial charge >= 0.3 is 5.69 Å². The summed E-state index contributed by atoms with van der Waals surface area (Å²) in [6.07, 6.45) is 2.57. The number of carbonyl (C=O) groups excluding carboxylic acids is 1. The fourth-order valence-electron chi connectivity index (χ4n) is 3.51. The van der Waals surface area contributed by atoms with Crippen molar-refractivity contribution in [1.82, 2.24) is 19.6 Å². The van der Waals surface area contributed by atoms with Gasteiger partial charge < -0.3 is 5.32 Å². The molecular formula is C23H20Cl2N6O3. The molecule has 1 N–H and O–H groups in total. The van der Waals surface area contributed by atoms with Crippen LogP contribution < -0.4 is 5.32 Å². The molecule has 0 radical (unpaired) electrons. The van der Waals surface area contributed by atoms with E-state index in [4.69, 9.17) is 23.2 Å². The van der Waals surface area contributed by atoms with Crippen molar-refractivity contribution >= 4 is 40.5 Å². The van der Waals surface area contributed by atoms with E-state index in [0.29, 0.717) is 40.1 Å². The fraction of sp³-hybridized carbons (Fsp3) is 0.174. The Morgan fingerprint density at radius 1 is 1.06 bits per heavy atom. The first kappa shape index (κ1) is 23.5. The largest absolute Gasteiger partial charge is 0.319 e. The summed E-state index contributed by atoms with van der Waals surface area (Å²) in [6.45, 7) is 4.56. The van der Waals surface area contributed by atoms with Crippen molar-refractivity contribution in [2.75, 3.05) is 5.32 Å². The molecule has 0 atom stereocenters. The van der Waals surface area contributed by atoms with Gasteiger partial charge in [-0.05, 0) is 49.2 Å². The standard InChI is InChI=1S/C23H20Cl2N6O3/c1-14-22(15(2)30(28-14)12-17-5-8-20(24)21(25)9-17)27-23(32)18-6-3-16(4-7-18)11-29-13-19(10-26-29)31(33)34/h3-10,13H,11-12H2,1-2H3,(H,27,32). The number of anilines is 1. The summed E-state index contributed by atoms with van der Waals surface area (Å²) in [7, 11) is 0. The van der Waals surface area contributed by atoms with Crippen molar-refractivity contribution in [3.05, 3.63) is 103 Å². The highest BCUT2D eigenvalue weighted by Gasteiger charge is 2.16. The van der Waals surface area contributed by atoms with Crippen LogP contribution in [0.3, 0.4) is 0 Å². The average Bonchev–Trinajstić information content (AvgIpc) is 3.37. The van der Waals surface area contributed by atoms with Gasteiger partial charge in [-0.25, -0.2) is 0 Å². The zero-order chi connectivity index (χ0) is 24.4. The van der Waals surface area contributed by atoms with Gasteiger partial charge in [-0.1, -0.05) is 41.4 Å². The summed E-state index contributed by atoms with van der Waals surface area (Å²) in [5.74, 6) is -0.262. The lowest BCUT2D eigenvalue weighted by atomic mass is 10.1. The molecule has 2 aromatic heterocycles. The van der Waals surface area contributed by atoms with Crippen LogP contribution in [0.1, 0.15) is 32.9 Å². The number of carbonyl (C=O) groups is 1. The molecule has 0 aliphatic rings. The first-order valence-corrected chi connectivity index (χ1v) is 11.0. The Hall–Kier alpha value is -3.69. The van der Waals surface area contributed by atoms with Crippen molar-refractivity contribution in [1.29, 1.82) is 0 Å². The van der Waals surface area contributed by atoms with Crippen molar-refractivity contribution in [2.45, 2.75) is 26.9 Å². The van der Waals surface area contributed by atoms with Gasteiger partial charge in [0.1, 0.15) is 12.4 Å². The first-order valence-electron chi connectivity index (χ1n) is 10.3. The number of nitrogens with zero attached hydrogens (tertiary/aromatic N) is 5. The van der Waals surface area contributed by atoms with Gasteiger partial charge in [0.25, 0.3) is 5.91 Å². The summed E-state index contributed by atoms with van der Waals surface area (Å²) < 4.78 is 3.28. The second-order valence-electron chi connectivity index (χ2n) is 7.76. The van der Waals surface area contributed by atoms with E-state index in [9.17, 15) is 14.9 Å². The monoisotopic (exact) mass is 498 g/mol. The van der Waals surface area contributed by atoms with E-state index in [1.165, 1.54) is 17.1 Å². The maximum atomic E-state index is 12.8. The number of nitrogens with one attached hydrogen (secondary N) is 1. The average molecular weight is 499 g/mol. The number of amides is 1. The fourth-order valence-corrected chi connectivity index (χ4v) is 3.83. The van der Waals surface area contributed by atoms with Gasteiger partial charge in [-0.2, -0.15) is 10.2 Å². The molecule has 0 fully saturated rings. The van der Waals surface area contributed by atoms with E-state index in [2.05, 4.69) is 15.5 Å². The summed E-state index contributed by atoms with van der Waals surface area (Å²) in [4.78, 5) is 23.1. The number of aromatic nitrogens is 4. The molecule has 0 saturated carbocycles. The molecule has 4 aromatic rings. The second kappa shape index (κ2) is 9.66. The van der Waals surface area contributed by atoms with Crippen LogP contribution in [-0.2, 0) is 13.1 Å². The SMILES string of the molecule is Cc1nn(Cc2ccc(Cl)c(Cl)c2)c(C)c1NC(=O)c1ccc(Cn2cc([N+](=O)[O-])cn2)cc1. The number of rotatable bonds is 7. The predicted octanol–water partition coefficient (Wildman–Crippen LogP) is 5.26. The first-order chi connectivity index (χ1) is 16.2. The number of hydrogen-bond acceptors (Lipinski definition) is 5. The minimum Gasteiger partial charge on any atom is -0.319 e. The van der Waals surface area contributed by atoms with Gasteiger partial charge in [0, 0.05) is 5.56 Å². The second-order valence-corrected chi connectivity index (χ2v) is 8.57. The number of aryl methyl sites for hydroxylation is 1. The maximum Gasteiger partial charge on any atom is 0.307 e. The lowest BCUT2D eigenvalue weighted by molar-refractivity contribution is -0.385. The quantitative estimate of drug-likeness (QED) is 0.276. The Bertz CT molecular complexity index is 1380. The van der Waals surface area contributed by atoms with Gasteiger partial charge in [-0.3, -0.25) is 24.3 Å². The summed E-state index contributed by atoms with van der Waals surface area (Å²) in [5, 5.41) is 23.2. The van der Waals surface area contributed by atoms with Gasteiger partial charge in [0.15, 0.2) is 0 Å². The minimum atomic E-state index is -0.492. The molecule has 0 aliphatic heterocycles. The third-order valence-corrected chi connectivity index (χ3v) is 6.07. The van der Waals surface area contributed by atoms with Crippen LogP contribution >= 0.6 is 23.2 Å². The third-order valence-electron chi connectivity index (χ3n) is 5.33. The number of hydrogen-bond donors (Lipinski definition) is 1. The molecule has 2 heterocycles. The van der Waals surface area contributed by atoms with E-state index in [-0.39, 0.29) is 11.6 Å². The van der Waals surface area contributed by atoms with Crippen LogP contribution in [0, 0.1) is 24.0 Å². The van der Waals surface area contributed by atoms with Crippen LogP contribution in [0.15, 0.2) is 54.9 Å². The van der Waals surface area contributed by atoms with Crippen molar-refractivity contribution < 1.29 is 9.72 Å². The molecular weight excluding hydrogens is 479 g/mol. The van der Waals surface area contributed by atoms with Crippen LogP contribution in [0.5, 0.6) is 0 Å². The van der Waals surface area contributed by atoms with E-state index in [1.807, 2.05) is 19.9 Å². The highest BCUT2D eigenvalue weighted by molar-refractivity contribution is 6.42. The maximum absolute atomic E-state index is 12.8. The Morgan fingerprint density at radius 3 is 2.41 bits per heavy atom. The number of nitro groups is 1. The van der Waals surface area contributed by atoms with Crippen molar-refractivity contribution in [3.8, 4) is 0 Å². The van der Waals surface area contributed by atoms with Crippen LogP contribution in [0.2, 0.25) is 10.0 Å². The van der Waals surface area contributed by atoms with E-state index in [1.54, 1.807) is 41.1 Å². The minimum absolute atomic E-state index is 0.0681. The normalized spacial score (nSPS) is 10.9. The number of halogens is 2. The number of benzene rings is 2. The summed E-state index contributed by atoms with van der Waals surface area (Å²) >= 11 is 12.1. The Labute approximate surface area is 205 Å². The highest BCUT2D eigenvalue weighted by atomic mass is 35.5. The third kappa shape index (κ3) is 5.11. The zero-order valence-corrected chi connectivity index (χ0v) is 19.8. The van der Waals surface area contributed by atoms with Gasteiger partial charge in [0.2, 0.25) is 0 Å². The predicted molar refractivity (Wildman–Crippen MR) is 130 cm³/mol. The Morgan fingerprint density at radius 2 is 1.76 bits per heavy atom. The van der Waals surface area contributed by atoms with E-state index in [0.717, 1.165) is 16.8 Å². The van der Waals surface area contributed by atoms with E-state index >= 15 is 0 Å². The lowest BCUT2D eigenvalue weighted by Gasteiger charge is -2.09. The van der Waals surface area contributed by atoms with Crippen LogP contribution in [0.4, 0.5) is 11.4 Å². The molecule has 174 valence electrons. The highest BCUT2D eigenvalue weighted by Crippen LogP contribution is 2.25. The zero-order valence-electron chi connectivity index (χ0n) is 18.3. The molecule has 1 amide bonds. The Balaban J connectivity index is 1.44. The molecule has 0 saturated heterocycles. The van der Waals surface area contributed by atoms with Crippen LogP contribution in [0.25, 0.3) is 0 Å². The molecule has 34 heavy (non-hydrogen) atoms. The van der Waals surface area contributed by atoms with E-state index < -0.39 is 4.92 Å². The molecule has 0 aliphatic carbocycles. The van der Waals surface area contributed by atoms with Gasteiger partial charge in [0.05, 0.1) is 45.1 Å². The van der Waals surface area contributed by atoms with Crippen LogP contribution in [-0.4, -0.2) is 30.4 Å². The summed E-state index contributed by atoms with van der Waals surface area (Å²) in [5.41, 5.74) is 4.37. The summed E-state index contributed by atoms with van der Waals surface area (Å²) in [6, 6.07) is 12.4. The van der Waals surface area contributed by atoms with Crippen molar-refractivity contribution in [2.24, 2.45) is 0 Å². The smallest absolute Gasteiger partial charge is 0.307 e. The topological polar surface area (TPSA) is 108 Å². The van der Waals surface area contributed by atoms with Crippen molar-refractivity contribution in [3.63, 3.8) is 0 Å². The molecule has 0 unspecified atom stereocenters. The molecule has 4 rings (SSSR count). The molecule has 11 heteroatoms. The molecule has 2 aromatic carbocycles. The van der Waals surface area contributed by atoms with Gasteiger partial charge in [-0.15, -0.1) is 0 Å². The lowest BCUT2D eigenvalue weighted by Crippen LogP contribution is -2.13. The molecule has 0 bridgehead atoms. The molecule has 9 nitrogen and oxygen atoms in total.